The maximum atomic E-state index is 6.40. The van der Waals surface area contributed by atoms with Gasteiger partial charge in [0, 0.05) is 23.3 Å². The average Bonchev–Trinajstić information content (AvgIpc) is 3.11. The second-order valence-electron chi connectivity index (χ2n) is 6.85. The van der Waals surface area contributed by atoms with Crippen molar-refractivity contribution in [1.29, 1.82) is 0 Å². The first-order chi connectivity index (χ1) is 12.1. The second-order valence-corrected chi connectivity index (χ2v) is 7.65. The summed E-state index contributed by atoms with van der Waals surface area (Å²) >= 11 is 12.2. The Balaban J connectivity index is 1.84. The standard InChI is InChI=1S/C21H25ClN2S/c1-15-8-7-9-16(2)20(15)23-21(25)24(18-11-4-5-12-18)14-17-10-3-6-13-19(17)22/h3,6-10,13,18H,4-5,11-12,14H2,1-2H3,(H,23,25). The number of thiocarbonyl (C=S) groups is 1. The first-order valence-corrected chi connectivity index (χ1v) is 9.72. The van der Waals surface area contributed by atoms with Crippen LogP contribution < -0.4 is 5.32 Å². The largest absolute Gasteiger partial charge is 0.342 e. The van der Waals surface area contributed by atoms with Gasteiger partial charge in [-0.15, -0.1) is 0 Å². The molecule has 2 aromatic carbocycles. The van der Waals surface area contributed by atoms with E-state index in [9.17, 15) is 0 Å². The highest BCUT2D eigenvalue weighted by Gasteiger charge is 2.25. The molecule has 1 saturated carbocycles. The van der Waals surface area contributed by atoms with Gasteiger partial charge in [-0.1, -0.05) is 60.8 Å². The molecule has 2 aromatic rings. The Bertz CT molecular complexity index is 733. The molecule has 0 atom stereocenters. The molecule has 1 aliphatic carbocycles. The van der Waals surface area contributed by atoms with E-state index < -0.39 is 0 Å². The summed E-state index contributed by atoms with van der Waals surface area (Å²) in [6, 6.07) is 14.8. The van der Waals surface area contributed by atoms with Crippen LogP contribution in [0.2, 0.25) is 5.02 Å². The average molecular weight is 373 g/mol. The van der Waals surface area contributed by atoms with Gasteiger partial charge in [0.15, 0.2) is 5.11 Å². The van der Waals surface area contributed by atoms with E-state index in [-0.39, 0.29) is 0 Å². The van der Waals surface area contributed by atoms with E-state index in [1.165, 1.54) is 36.8 Å². The molecule has 0 heterocycles. The van der Waals surface area contributed by atoms with Gasteiger partial charge in [-0.05, 0) is 61.7 Å². The summed E-state index contributed by atoms with van der Waals surface area (Å²) < 4.78 is 0. The molecule has 0 radical (unpaired) electrons. The van der Waals surface area contributed by atoms with Crippen LogP contribution in [-0.4, -0.2) is 16.1 Å². The van der Waals surface area contributed by atoms with Crippen molar-refractivity contribution >= 4 is 34.6 Å². The Hall–Kier alpha value is -1.58. The highest BCUT2D eigenvalue weighted by molar-refractivity contribution is 7.80. The van der Waals surface area contributed by atoms with E-state index in [2.05, 4.69) is 48.3 Å². The molecule has 0 saturated heterocycles. The lowest BCUT2D eigenvalue weighted by atomic mass is 10.1. The highest BCUT2D eigenvalue weighted by atomic mass is 35.5. The summed E-state index contributed by atoms with van der Waals surface area (Å²) in [5.41, 5.74) is 4.68. The molecular formula is C21H25ClN2S. The monoisotopic (exact) mass is 372 g/mol. The van der Waals surface area contributed by atoms with Crippen LogP contribution in [0.1, 0.15) is 42.4 Å². The zero-order valence-electron chi connectivity index (χ0n) is 14.9. The molecule has 4 heteroatoms. The molecule has 3 rings (SSSR count). The second kappa shape index (κ2) is 8.20. The highest BCUT2D eigenvalue weighted by Crippen LogP contribution is 2.28. The first-order valence-electron chi connectivity index (χ1n) is 8.93. The van der Waals surface area contributed by atoms with Crippen molar-refractivity contribution in [2.24, 2.45) is 0 Å². The van der Waals surface area contributed by atoms with Crippen LogP contribution in [0.5, 0.6) is 0 Å². The van der Waals surface area contributed by atoms with Crippen molar-refractivity contribution in [2.45, 2.75) is 52.1 Å². The van der Waals surface area contributed by atoms with Crippen LogP contribution in [0.15, 0.2) is 42.5 Å². The van der Waals surface area contributed by atoms with E-state index in [0.29, 0.717) is 6.04 Å². The topological polar surface area (TPSA) is 15.3 Å². The lowest BCUT2D eigenvalue weighted by Crippen LogP contribution is -2.41. The van der Waals surface area contributed by atoms with Gasteiger partial charge in [0.05, 0.1) is 0 Å². The van der Waals surface area contributed by atoms with E-state index in [4.69, 9.17) is 23.8 Å². The third kappa shape index (κ3) is 4.34. The molecule has 25 heavy (non-hydrogen) atoms. The van der Waals surface area contributed by atoms with Crippen molar-refractivity contribution in [3.8, 4) is 0 Å². The Morgan fingerprint density at radius 1 is 1.08 bits per heavy atom. The van der Waals surface area contributed by atoms with E-state index >= 15 is 0 Å². The molecule has 0 aromatic heterocycles. The predicted molar refractivity (Wildman–Crippen MR) is 111 cm³/mol. The Morgan fingerprint density at radius 2 is 1.72 bits per heavy atom. The van der Waals surface area contributed by atoms with E-state index in [1.54, 1.807) is 0 Å². The third-order valence-electron chi connectivity index (χ3n) is 5.04. The Morgan fingerprint density at radius 3 is 2.36 bits per heavy atom. The number of nitrogens with zero attached hydrogens (tertiary/aromatic N) is 1. The van der Waals surface area contributed by atoms with Gasteiger partial charge in [0.1, 0.15) is 0 Å². The zero-order valence-corrected chi connectivity index (χ0v) is 16.5. The number of anilines is 1. The van der Waals surface area contributed by atoms with Crippen molar-refractivity contribution in [1.82, 2.24) is 4.90 Å². The van der Waals surface area contributed by atoms with Gasteiger partial charge >= 0.3 is 0 Å². The van der Waals surface area contributed by atoms with Crippen LogP contribution >= 0.6 is 23.8 Å². The normalized spacial score (nSPS) is 14.5. The lowest BCUT2D eigenvalue weighted by molar-refractivity contribution is 0.312. The summed E-state index contributed by atoms with van der Waals surface area (Å²) in [5, 5.41) is 5.11. The van der Waals surface area contributed by atoms with Crippen LogP contribution in [-0.2, 0) is 6.54 Å². The fourth-order valence-corrected chi connectivity index (χ4v) is 4.09. The molecule has 132 valence electrons. The summed E-state index contributed by atoms with van der Waals surface area (Å²) in [6.45, 7) is 4.99. The van der Waals surface area contributed by atoms with E-state index in [0.717, 1.165) is 27.9 Å². The summed E-state index contributed by atoms with van der Waals surface area (Å²) in [4.78, 5) is 2.33. The van der Waals surface area contributed by atoms with E-state index in [1.807, 2.05) is 18.2 Å². The molecule has 0 amide bonds. The zero-order chi connectivity index (χ0) is 17.8. The van der Waals surface area contributed by atoms with Gasteiger partial charge < -0.3 is 10.2 Å². The molecule has 2 nitrogen and oxygen atoms in total. The fraction of sp³-hybridized carbons (Fsp3) is 0.381. The van der Waals surface area contributed by atoms with Crippen LogP contribution in [0.3, 0.4) is 0 Å². The minimum atomic E-state index is 0.487. The molecule has 1 N–H and O–H groups in total. The lowest BCUT2D eigenvalue weighted by Gasteiger charge is -2.32. The van der Waals surface area contributed by atoms with Crippen molar-refractivity contribution in [3.05, 3.63) is 64.2 Å². The molecule has 0 bridgehead atoms. The number of hydrogen-bond acceptors (Lipinski definition) is 1. The molecular weight excluding hydrogens is 348 g/mol. The van der Waals surface area contributed by atoms with Crippen molar-refractivity contribution < 1.29 is 0 Å². The molecule has 1 aliphatic rings. The van der Waals surface area contributed by atoms with Gasteiger partial charge in [-0.2, -0.15) is 0 Å². The van der Waals surface area contributed by atoms with Crippen LogP contribution in [0.25, 0.3) is 0 Å². The number of benzene rings is 2. The quantitative estimate of drug-likeness (QED) is 0.653. The Labute approximate surface area is 161 Å². The third-order valence-corrected chi connectivity index (χ3v) is 5.74. The predicted octanol–water partition coefficient (Wildman–Crippen LogP) is 6.10. The van der Waals surface area contributed by atoms with Gasteiger partial charge in [0.25, 0.3) is 0 Å². The number of halogens is 1. The number of para-hydroxylation sites is 1. The van der Waals surface area contributed by atoms with Crippen molar-refractivity contribution in [2.75, 3.05) is 5.32 Å². The minimum absolute atomic E-state index is 0.487. The summed E-state index contributed by atoms with van der Waals surface area (Å²) in [7, 11) is 0. The smallest absolute Gasteiger partial charge is 0.173 e. The first kappa shape index (κ1) is 18.2. The summed E-state index contributed by atoms with van der Waals surface area (Å²) in [6.07, 6.45) is 4.93. The summed E-state index contributed by atoms with van der Waals surface area (Å²) in [5.74, 6) is 0. The number of aryl methyl sites for hydroxylation is 2. The van der Waals surface area contributed by atoms with Gasteiger partial charge in [-0.3, -0.25) is 0 Å². The maximum absolute atomic E-state index is 6.40. The molecule has 1 fully saturated rings. The van der Waals surface area contributed by atoms with Crippen LogP contribution in [0.4, 0.5) is 5.69 Å². The molecule has 0 unspecified atom stereocenters. The molecule has 0 aliphatic heterocycles. The maximum Gasteiger partial charge on any atom is 0.173 e. The minimum Gasteiger partial charge on any atom is -0.342 e. The molecule has 0 spiro atoms. The van der Waals surface area contributed by atoms with Gasteiger partial charge in [-0.25, -0.2) is 0 Å². The number of hydrogen-bond donors (Lipinski definition) is 1. The van der Waals surface area contributed by atoms with Crippen LogP contribution in [0, 0.1) is 13.8 Å². The Kier molecular flexibility index (Phi) is 5.98. The SMILES string of the molecule is Cc1cccc(C)c1NC(=S)N(Cc1ccccc1Cl)C1CCCC1. The fourth-order valence-electron chi connectivity index (χ4n) is 3.58. The number of rotatable bonds is 4. The number of nitrogens with one attached hydrogen (secondary N) is 1. The van der Waals surface area contributed by atoms with Crippen molar-refractivity contribution in [3.63, 3.8) is 0 Å². The van der Waals surface area contributed by atoms with Gasteiger partial charge in [0.2, 0.25) is 0 Å².